The molecule has 2 rings (SSSR count). The molecule has 0 bridgehead atoms. The molecule has 0 radical (unpaired) electrons. The standard InChI is InChI=1S/C15H24N4O/c1-12-6-5-9-19(11-12)15(16-2)17-10-13-7-4-8-14(18-13)20-3/h4,7-8,12H,5-6,9-11H2,1-3H3,(H,16,17). The van der Waals surface area contributed by atoms with Gasteiger partial charge in [0.1, 0.15) is 0 Å². The predicted molar refractivity (Wildman–Crippen MR) is 81.0 cm³/mol. The first-order chi connectivity index (χ1) is 9.72. The third kappa shape index (κ3) is 3.85. The molecule has 0 saturated carbocycles. The number of hydrogen-bond donors (Lipinski definition) is 1. The topological polar surface area (TPSA) is 49.8 Å². The van der Waals surface area contributed by atoms with Crippen LogP contribution in [-0.2, 0) is 6.54 Å². The van der Waals surface area contributed by atoms with Crippen molar-refractivity contribution in [1.82, 2.24) is 15.2 Å². The molecule has 2 heterocycles. The molecule has 5 heteroatoms. The lowest BCUT2D eigenvalue weighted by Crippen LogP contribution is -2.45. The lowest BCUT2D eigenvalue weighted by Gasteiger charge is -2.33. The van der Waals surface area contributed by atoms with Crippen LogP contribution in [0.2, 0.25) is 0 Å². The van der Waals surface area contributed by atoms with Gasteiger partial charge in [-0.25, -0.2) is 4.98 Å². The minimum absolute atomic E-state index is 0.644. The molecule has 1 unspecified atom stereocenters. The van der Waals surface area contributed by atoms with Crippen molar-refractivity contribution < 1.29 is 4.74 Å². The molecule has 1 atom stereocenters. The Morgan fingerprint density at radius 1 is 1.55 bits per heavy atom. The maximum atomic E-state index is 5.14. The van der Waals surface area contributed by atoms with Gasteiger partial charge >= 0.3 is 0 Å². The van der Waals surface area contributed by atoms with Crippen molar-refractivity contribution in [3.63, 3.8) is 0 Å². The Labute approximate surface area is 121 Å². The van der Waals surface area contributed by atoms with E-state index in [-0.39, 0.29) is 0 Å². The smallest absolute Gasteiger partial charge is 0.213 e. The molecule has 1 fully saturated rings. The Bertz CT molecular complexity index is 461. The Hall–Kier alpha value is -1.78. The van der Waals surface area contributed by atoms with Crippen LogP contribution in [0.15, 0.2) is 23.2 Å². The summed E-state index contributed by atoms with van der Waals surface area (Å²) >= 11 is 0. The summed E-state index contributed by atoms with van der Waals surface area (Å²) in [5.41, 5.74) is 0.954. The second-order valence-corrected chi connectivity index (χ2v) is 5.27. The van der Waals surface area contributed by atoms with Crippen molar-refractivity contribution in [2.45, 2.75) is 26.3 Å². The number of guanidine groups is 1. The first kappa shape index (κ1) is 14.6. The van der Waals surface area contributed by atoms with E-state index in [0.717, 1.165) is 30.7 Å². The zero-order valence-electron chi connectivity index (χ0n) is 12.6. The van der Waals surface area contributed by atoms with Gasteiger partial charge in [-0.15, -0.1) is 0 Å². The van der Waals surface area contributed by atoms with Crippen molar-refractivity contribution in [3.05, 3.63) is 23.9 Å². The van der Waals surface area contributed by atoms with Crippen LogP contribution in [0.4, 0.5) is 0 Å². The summed E-state index contributed by atoms with van der Waals surface area (Å²) in [4.78, 5) is 11.1. The number of likely N-dealkylation sites (tertiary alicyclic amines) is 1. The van der Waals surface area contributed by atoms with E-state index >= 15 is 0 Å². The van der Waals surface area contributed by atoms with E-state index in [1.165, 1.54) is 12.8 Å². The SMILES string of the molecule is CN=C(NCc1cccc(OC)n1)N1CCCC(C)C1. The van der Waals surface area contributed by atoms with Gasteiger partial charge in [-0.05, 0) is 24.8 Å². The molecule has 0 aliphatic carbocycles. The Morgan fingerprint density at radius 2 is 2.40 bits per heavy atom. The Balaban J connectivity index is 1.93. The molecule has 0 amide bonds. The van der Waals surface area contributed by atoms with Gasteiger partial charge in [-0.2, -0.15) is 0 Å². The third-order valence-electron chi connectivity index (χ3n) is 3.59. The largest absolute Gasteiger partial charge is 0.481 e. The number of pyridine rings is 1. The molecule has 110 valence electrons. The monoisotopic (exact) mass is 276 g/mol. The molecular weight excluding hydrogens is 252 g/mol. The van der Waals surface area contributed by atoms with Crippen LogP contribution in [0.25, 0.3) is 0 Å². The number of hydrogen-bond acceptors (Lipinski definition) is 3. The van der Waals surface area contributed by atoms with Crippen LogP contribution < -0.4 is 10.1 Å². The quantitative estimate of drug-likeness (QED) is 0.676. The average molecular weight is 276 g/mol. The highest BCUT2D eigenvalue weighted by atomic mass is 16.5. The van der Waals surface area contributed by atoms with Gasteiger partial charge < -0.3 is 15.0 Å². The number of methoxy groups -OCH3 is 1. The Kier molecular flexibility index (Phi) is 5.21. The first-order valence-electron chi connectivity index (χ1n) is 7.18. The van der Waals surface area contributed by atoms with Gasteiger partial charge in [0.15, 0.2) is 5.96 Å². The maximum absolute atomic E-state index is 5.14. The van der Waals surface area contributed by atoms with E-state index in [2.05, 4.69) is 27.1 Å². The summed E-state index contributed by atoms with van der Waals surface area (Å²) < 4.78 is 5.14. The van der Waals surface area contributed by atoms with Gasteiger partial charge in [0.2, 0.25) is 5.88 Å². The fraction of sp³-hybridized carbons (Fsp3) is 0.600. The number of nitrogens with zero attached hydrogens (tertiary/aromatic N) is 3. The summed E-state index contributed by atoms with van der Waals surface area (Å²) in [6.45, 7) is 5.11. The molecule has 0 spiro atoms. The molecule has 1 aliphatic heterocycles. The van der Waals surface area contributed by atoms with Crippen molar-refractivity contribution in [1.29, 1.82) is 0 Å². The molecule has 1 aromatic heterocycles. The Morgan fingerprint density at radius 3 is 3.10 bits per heavy atom. The molecule has 1 N–H and O–H groups in total. The number of nitrogens with one attached hydrogen (secondary N) is 1. The predicted octanol–water partition coefficient (Wildman–Crippen LogP) is 1.90. The van der Waals surface area contributed by atoms with Crippen LogP contribution in [0.1, 0.15) is 25.5 Å². The van der Waals surface area contributed by atoms with Crippen molar-refractivity contribution >= 4 is 5.96 Å². The lowest BCUT2D eigenvalue weighted by atomic mass is 10.0. The highest BCUT2D eigenvalue weighted by Gasteiger charge is 2.19. The van der Waals surface area contributed by atoms with E-state index in [0.29, 0.717) is 12.4 Å². The maximum Gasteiger partial charge on any atom is 0.213 e. The van der Waals surface area contributed by atoms with Crippen molar-refractivity contribution in [2.75, 3.05) is 27.2 Å². The molecular formula is C15H24N4O. The third-order valence-corrected chi connectivity index (χ3v) is 3.59. The number of rotatable bonds is 3. The number of aromatic nitrogens is 1. The molecule has 20 heavy (non-hydrogen) atoms. The van der Waals surface area contributed by atoms with Gasteiger partial charge in [0.25, 0.3) is 0 Å². The van der Waals surface area contributed by atoms with Crippen LogP contribution >= 0.6 is 0 Å². The van der Waals surface area contributed by atoms with E-state index < -0.39 is 0 Å². The van der Waals surface area contributed by atoms with Crippen LogP contribution in [0.5, 0.6) is 5.88 Å². The fourth-order valence-corrected chi connectivity index (χ4v) is 2.55. The second kappa shape index (κ2) is 7.12. The summed E-state index contributed by atoms with van der Waals surface area (Å²) in [7, 11) is 3.47. The number of aliphatic imine (C=N–C) groups is 1. The average Bonchev–Trinajstić information content (AvgIpc) is 2.48. The second-order valence-electron chi connectivity index (χ2n) is 5.27. The highest BCUT2D eigenvalue weighted by Crippen LogP contribution is 2.15. The fourth-order valence-electron chi connectivity index (χ4n) is 2.55. The summed E-state index contributed by atoms with van der Waals surface area (Å²) in [6, 6.07) is 5.79. The van der Waals surface area contributed by atoms with Crippen LogP contribution in [-0.4, -0.2) is 43.1 Å². The minimum Gasteiger partial charge on any atom is -0.481 e. The van der Waals surface area contributed by atoms with Crippen molar-refractivity contribution in [3.8, 4) is 5.88 Å². The van der Waals surface area contributed by atoms with E-state index in [4.69, 9.17) is 4.74 Å². The zero-order valence-corrected chi connectivity index (χ0v) is 12.6. The molecule has 1 saturated heterocycles. The van der Waals surface area contributed by atoms with Gasteiger partial charge in [0, 0.05) is 26.2 Å². The van der Waals surface area contributed by atoms with Gasteiger partial charge in [-0.3, -0.25) is 4.99 Å². The summed E-state index contributed by atoms with van der Waals surface area (Å²) in [5.74, 6) is 2.34. The molecule has 5 nitrogen and oxygen atoms in total. The first-order valence-corrected chi connectivity index (χ1v) is 7.18. The normalized spacial score (nSPS) is 19.9. The molecule has 0 aromatic carbocycles. The van der Waals surface area contributed by atoms with Crippen LogP contribution in [0.3, 0.4) is 0 Å². The number of ether oxygens (including phenoxy) is 1. The van der Waals surface area contributed by atoms with Gasteiger partial charge in [-0.1, -0.05) is 13.0 Å². The minimum atomic E-state index is 0.644. The van der Waals surface area contributed by atoms with E-state index in [1.54, 1.807) is 7.11 Å². The van der Waals surface area contributed by atoms with Crippen LogP contribution in [0, 0.1) is 5.92 Å². The number of piperidine rings is 1. The van der Waals surface area contributed by atoms with Gasteiger partial charge in [0.05, 0.1) is 19.3 Å². The molecule has 1 aromatic rings. The van der Waals surface area contributed by atoms with Crippen molar-refractivity contribution in [2.24, 2.45) is 10.9 Å². The molecule has 1 aliphatic rings. The summed E-state index contributed by atoms with van der Waals surface area (Å²) in [5, 5.41) is 3.39. The zero-order chi connectivity index (χ0) is 14.4. The summed E-state index contributed by atoms with van der Waals surface area (Å²) in [6.07, 6.45) is 2.55. The van der Waals surface area contributed by atoms with E-state index in [1.807, 2.05) is 25.2 Å². The highest BCUT2D eigenvalue weighted by molar-refractivity contribution is 5.79. The van der Waals surface area contributed by atoms with E-state index in [9.17, 15) is 0 Å². The lowest BCUT2D eigenvalue weighted by molar-refractivity contribution is 0.266.